The van der Waals surface area contributed by atoms with Gasteiger partial charge in [-0.25, -0.2) is 4.52 Å². The largest absolute Gasteiger partial charge is 0.463 e. The van der Waals surface area contributed by atoms with E-state index in [2.05, 4.69) is 10.4 Å². The molecule has 0 unspecified atom stereocenters. The van der Waals surface area contributed by atoms with Gasteiger partial charge in [-0.3, -0.25) is 19.3 Å². The second-order valence-electron chi connectivity index (χ2n) is 6.02. The monoisotopic (exact) mass is 355 g/mol. The van der Waals surface area contributed by atoms with Crippen LogP contribution in [0.2, 0.25) is 0 Å². The maximum atomic E-state index is 11.9. The van der Waals surface area contributed by atoms with Gasteiger partial charge in [0.15, 0.2) is 5.76 Å². The van der Waals surface area contributed by atoms with Crippen molar-refractivity contribution in [2.75, 3.05) is 13.1 Å². The van der Waals surface area contributed by atoms with Gasteiger partial charge in [0.25, 0.3) is 0 Å². The van der Waals surface area contributed by atoms with Gasteiger partial charge in [-0.2, -0.15) is 5.10 Å². The Morgan fingerprint density at radius 3 is 2.77 bits per heavy atom. The first-order valence-electron chi connectivity index (χ1n) is 8.30. The Morgan fingerprint density at radius 2 is 2.04 bits per heavy atom. The van der Waals surface area contributed by atoms with E-state index in [1.807, 2.05) is 29.1 Å². The summed E-state index contributed by atoms with van der Waals surface area (Å²) in [5, 5.41) is 7.17. The number of hydrogen-bond acceptors (Lipinski definition) is 5. The van der Waals surface area contributed by atoms with E-state index in [0.717, 1.165) is 16.2 Å². The number of carbonyl (C=O) groups is 3. The lowest BCUT2D eigenvalue weighted by Crippen LogP contribution is -2.40. The van der Waals surface area contributed by atoms with E-state index < -0.39 is 0 Å². The summed E-state index contributed by atoms with van der Waals surface area (Å²) < 4.78 is 9.04. The van der Waals surface area contributed by atoms with Crippen molar-refractivity contribution in [2.45, 2.75) is 19.4 Å². The van der Waals surface area contributed by atoms with Crippen molar-refractivity contribution in [1.29, 1.82) is 0 Å². The first-order chi connectivity index (χ1) is 12.6. The summed E-state index contributed by atoms with van der Waals surface area (Å²) in [6.45, 7) is 0.697. The molecule has 3 aromatic rings. The summed E-state index contributed by atoms with van der Waals surface area (Å²) in [6, 6.07) is 5.55. The average molecular weight is 355 g/mol. The van der Waals surface area contributed by atoms with Crippen LogP contribution in [-0.2, 0) is 20.9 Å². The fourth-order valence-electron chi connectivity index (χ4n) is 2.98. The van der Waals surface area contributed by atoms with Gasteiger partial charge in [-0.1, -0.05) is 0 Å². The van der Waals surface area contributed by atoms with Crippen molar-refractivity contribution >= 4 is 23.4 Å². The number of likely N-dealkylation sites (tertiary alicyclic amines) is 1. The summed E-state index contributed by atoms with van der Waals surface area (Å²) in [5.41, 5.74) is 1.60. The third kappa shape index (κ3) is 2.99. The minimum absolute atomic E-state index is 0.187. The standard InChI is InChI=1S/C17H17N5O4/c23-14(11-21-16(24)3-4-17(21)25)18-5-6-20-7-8-22-15(20)10-12(19-22)13-2-1-9-26-13/h1-2,7-10H,3-6,11H2,(H,18,23). The second kappa shape index (κ2) is 6.51. The number of imide groups is 1. The number of rotatable bonds is 6. The normalized spacial score (nSPS) is 14.5. The van der Waals surface area contributed by atoms with Gasteiger partial charge < -0.3 is 14.3 Å². The molecule has 1 fully saturated rings. The van der Waals surface area contributed by atoms with Crippen molar-refractivity contribution < 1.29 is 18.8 Å². The number of nitrogens with one attached hydrogen (secondary N) is 1. The molecule has 0 radical (unpaired) electrons. The maximum absolute atomic E-state index is 11.9. The van der Waals surface area contributed by atoms with E-state index in [-0.39, 0.29) is 37.1 Å². The number of furan rings is 1. The number of fused-ring (bicyclic) bond motifs is 1. The molecular formula is C17H17N5O4. The van der Waals surface area contributed by atoms with Crippen LogP contribution in [0.25, 0.3) is 17.1 Å². The Labute approximate surface area is 148 Å². The number of aromatic nitrogens is 3. The number of amides is 3. The highest BCUT2D eigenvalue weighted by molar-refractivity contribution is 6.04. The van der Waals surface area contributed by atoms with Crippen molar-refractivity contribution in [3.05, 3.63) is 36.9 Å². The smallest absolute Gasteiger partial charge is 0.240 e. The zero-order chi connectivity index (χ0) is 18.1. The molecule has 1 saturated heterocycles. The minimum atomic E-state index is -0.346. The lowest BCUT2D eigenvalue weighted by atomic mass is 10.3. The van der Waals surface area contributed by atoms with E-state index in [1.54, 1.807) is 16.8 Å². The van der Waals surface area contributed by atoms with Gasteiger partial charge in [-0.05, 0) is 12.1 Å². The van der Waals surface area contributed by atoms with Crippen LogP contribution in [0.3, 0.4) is 0 Å². The van der Waals surface area contributed by atoms with E-state index in [4.69, 9.17) is 4.42 Å². The maximum Gasteiger partial charge on any atom is 0.240 e. The molecule has 4 rings (SSSR count). The van der Waals surface area contributed by atoms with Gasteiger partial charge in [0.1, 0.15) is 17.9 Å². The summed E-state index contributed by atoms with van der Waals surface area (Å²) in [7, 11) is 0. The van der Waals surface area contributed by atoms with Crippen LogP contribution in [0.4, 0.5) is 0 Å². The number of imidazole rings is 1. The van der Waals surface area contributed by atoms with Crippen molar-refractivity contribution in [1.82, 2.24) is 24.4 Å². The zero-order valence-electron chi connectivity index (χ0n) is 13.9. The molecule has 0 aliphatic carbocycles. The molecule has 0 spiro atoms. The molecule has 9 heteroatoms. The molecule has 0 aromatic carbocycles. The lowest BCUT2D eigenvalue weighted by molar-refractivity contribution is -0.142. The lowest BCUT2D eigenvalue weighted by Gasteiger charge is -2.13. The second-order valence-corrected chi connectivity index (χ2v) is 6.02. The zero-order valence-corrected chi connectivity index (χ0v) is 13.9. The first-order valence-corrected chi connectivity index (χ1v) is 8.30. The predicted molar refractivity (Wildman–Crippen MR) is 89.8 cm³/mol. The van der Waals surface area contributed by atoms with E-state index in [1.165, 1.54) is 0 Å². The van der Waals surface area contributed by atoms with Crippen LogP contribution in [0.15, 0.2) is 41.3 Å². The molecule has 3 amide bonds. The van der Waals surface area contributed by atoms with Gasteiger partial charge in [0.2, 0.25) is 17.7 Å². The molecule has 1 N–H and O–H groups in total. The summed E-state index contributed by atoms with van der Waals surface area (Å²) in [6.07, 6.45) is 5.66. The Bertz CT molecular complexity index is 953. The van der Waals surface area contributed by atoms with E-state index in [0.29, 0.717) is 18.8 Å². The Balaban J connectivity index is 1.35. The summed E-state index contributed by atoms with van der Waals surface area (Å²) in [4.78, 5) is 36.0. The van der Waals surface area contributed by atoms with Crippen LogP contribution in [0, 0.1) is 0 Å². The quantitative estimate of drug-likeness (QED) is 0.655. The van der Waals surface area contributed by atoms with Gasteiger partial charge in [0.05, 0.1) is 6.26 Å². The molecule has 0 saturated carbocycles. The average Bonchev–Trinajstić information content (AvgIpc) is 3.37. The van der Waals surface area contributed by atoms with Crippen molar-refractivity contribution in [3.63, 3.8) is 0 Å². The highest BCUT2D eigenvalue weighted by atomic mass is 16.3. The molecule has 0 atom stereocenters. The Hall–Kier alpha value is -3.36. The van der Waals surface area contributed by atoms with Crippen molar-refractivity contribution in [3.8, 4) is 11.5 Å². The van der Waals surface area contributed by atoms with Crippen molar-refractivity contribution in [2.24, 2.45) is 0 Å². The first kappa shape index (κ1) is 16.1. The van der Waals surface area contributed by atoms with Crippen LogP contribution in [-0.4, -0.2) is 49.9 Å². The fraction of sp³-hybridized carbons (Fsp3) is 0.294. The highest BCUT2D eigenvalue weighted by Gasteiger charge is 2.30. The molecule has 4 heterocycles. The molecule has 1 aliphatic rings. The molecule has 3 aromatic heterocycles. The van der Waals surface area contributed by atoms with Gasteiger partial charge >= 0.3 is 0 Å². The summed E-state index contributed by atoms with van der Waals surface area (Å²) >= 11 is 0. The molecule has 134 valence electrons. The SMILES string of the molecule is O=C(CN1C(=O)CCC1=O)NCCn1ccn2nc(-c3ccco3)cc12. The number of hydrogen-bond donors (Lipinski definition) is 1. The van der Waals surface area contributed by atoms with Crippen LogP contribution in [0.1, 0.15) is 12.8 Å². The fourth-order valence-corrected chi connectivity index (χ4v) is 2.98. The molecule has 0 bridgehead atoms. The molecule has 9 nitrogen and oxygen atoms in total. The minimum Gasteiger partial charge on any atom is -0.463 e. The third-order valence-electron chi connectivity index (χ3n) is 4.30. The molecule has 1 aliphatic heterocycles. The highest BCUT2D eigenvalue weighted by Crippen LogP contribution is 2.20. The third-order valence-corrected chi connectivity index (χ3v) is 4.30. The van der Waals surface area contributed by atoms with Gasteiger partial charge in [0, 0.05) is 44.4 Å². The van der Waals surface area contributed by atoms with Crippen LogP contribution < -0.4 is 5.32 Å². The Morgan fingerprint density at radius 1 is 1.23 bits per heavy atom. The summed E-state index contributed by atoms with van der Waals surface area (Å²) in [5.74, 6) is -0.237. The molecular weight excluding hydrogens is 338 g/mol. The van der Waals surface area contributed by atoms with Crippen LogP contribution >= 0.6 is 0 Å². The number of carbonyl (C=O) groups excluding carboxylic acids is 3. The van der Waals surface area contributed by atoms with Crippen LogP contribution in [0.5, 0.6) is 0 Å². The van der Waals surface area contributed by atoms with Gasteiger partial charge in [-0.15, -0.1) is 0 Å². The van der Waals surface area contributed by atoms with E-state index >= 15 is 0 Å². The Kier molecular flexibility index (Phi) is 4.04. The number of nitrogens with zero attached hydrogens (tertiary/aromatic N) is 4. The molecule has 26 heavy (non-hydrogen) atoms. The predicted octanol–water partition coefficient (Wildman–Crippen LogP) is 0.661. The topological polar surface area (TPSA) is 102 Å². The van der Waals surface area contributed by atoms with E-state index in [9.17, 15) is 14.4 Å².